The summed E-state index contributed by atoms with van der Waals surface area (Å²) >= 11 is 0. The Kier molecular flexibility index (Phi) is 6.23. The molecule has 206 valence electrons. The van der Waals surface area contributed by atoms with Gasteiger partial charge in [0.1, 0.15) is 36.6 Å². The van der Waals surface area contributed by atoms with Crippen molar-refractivity contribution in [1.82, 2.24) is 0 Å². The first kappa shape index (κ1) is 26.0. The van der Waals surface area contributed by atoms with E-state index in [4.69, 9.17) is 28.4 Å². The lowest BCUT2D eigenvalue weighted by Crippen LogP contribution is -2.66. The topological polar surface area (TPSA) is 113 Å². The highest BCUT2D eigenvalue weighted by molar-refractivity contribution is 5.83. The molecule has 0 radical (unpaired) electrons. The first-order valence-electron chi connectivity index (χ1n) is 13.4. The number of esters is 2. The summed E-state index contributed by atoms with van der Waals surface area (Å²) in [6.45, 7) is 8.21. The fourth-order valence-electron chi connectivity index (χ4n) is 7.36. The highest BCUT2D eigenvalue weighted by Crippen LogP contribution is 2.72. The van der Waals surface area contributed by atoms with Crippen LogP contribution in [0, 0.1) is 10.8 Å². The molecule has 38 heavy (non-hydrogen) atoms. The maximum Gasteiger partial charge on any atom is 0.331 e. The van der Waals surface area contributed by atoms with E-state index in [0.717, 1.165) is 12.0 Å². The molecular formula is C29H36O9. The van der Waals surface area contributed by atoms with Crippen LogP contribution in [0.2, 0.25) is 0 Å². The number of epoxide rings is 1. The Hall–Kier alpha value is -2.30. The van der Waals surface area contributed by atoms with E-state index in [1.165, 1.54) is 17.7 Å². The van der Waals surface area contributed by atoms with Gasteiger partial charge < -0.3 is 33.5 Å². The van der Waals surface area contributed by atoms with E-state index in [9.17, 15) is 14.7 Å². The van der Waals surface area contributed by atoms with Gasteiger partial charge in [-0.1, -0.05) is 42.4 Å². The molecule has 0 aromatic rings. The summed E-state index contributed by atoms with van der Waals surface area (Å²) in [6.07, 6.45) is 7.78. The molecule has 4 aliphatic heterocycles. The first-order chi connectivity index (χ1) is 18.1. The van der Waals surface area contributed by atoms with E-state index in [0.29, 0.717) is 19.4 Å². The van der Waals surface area contributed by atoms with Gasteiger partial charge in [0.05, 0.1) is 24.2 Å². The van der Waals surface area contributed by atoms with Crippen LogP contribution < -0.4 is 0 Å². The van der Waals surface area contributed by atoms with Gasteiger partial charge >= 0.3 is 11.9 Å². The Labute approximate surface area is 222 Å². The van der Waals surface area contributed by atoms with Crippen molar-refractivity contribution in [2.45, 2.75) is 95.5 Å². The van der Waals surface area contributed by atoms with Crippen LogP contribution >= 0.6 is 0 Å². The number of carbonyl (C=O) groups excluding carboxylic acids is 2. The Morgan fingerprint density at radius 1 is 1.00 bits per heavy atom. The highest BCUT2D eigenvalue weighted by atomic mass is 16.7. The highest BCUT2D eigenvalue weighted by Gasteiger charge is 2.85. The third kappa shape index (κ3) is 3.78. The number of cyclic esters (lactones) is 1. The van der Waals surface area contributed by atoms with Gasteiger partial charge in [0.2, 0.25) is 0 Å². The van der Waals surface area contributed by atoms with Gasteiger partial charge in [-0.3, -0.25) is 0 Å². The van der Waals surface area contributed by atoms with Crippen LogP contribution in [0.25, 0.3) is 0 Å². The largest absolute Gasteiger partial charge is 0.462 e. The number of carbonyl (C=O) groups is 2. The number of aliphatic hydroxyl groups is 1. The SMILES string of the molecule is CC1=CC2OC3C(O)C4OC(=O)/C=C\C=C\C5OC(C/C(C)=C/C(=O)OCC2(CC1)C4(C)C31CO1)OC5C. The van der Waals surface area contributed by atoms with Crippen molar-refractivity contribution in [2.24, 2.45) is 10.8 Å². The molecule has 9 heteroatoms. The van der Waals surface area contributed by atoms with E-state index < -0.39 is 59.1 Å². The molecule has 2 aliphatic carbocycles. The van der Waals surface area contributed by atoms with Crippen molar-refractivity contribution >= 4 is 11.9 Å². The molecule has 4 heterocycles. The molecule has 0 aromatic heterocycles. The summed E-state index contributed by atoms with van der Waals surface area (Å²) in [4.78, 5) is 26.0. The molecule has 1 N–H and O–H groups in total. The zero-order valence-corrected chi connectivity index (χ0v) is 22.3. The molecule has 1 saturated carbocycles. The summed E-state index contributed by atoms with van der Waals surface area (Å²) in [6, 6.07) is 0. The Bertz CT molecular complexity index is 1130. The van der Waals surface area contributed by atoms with Crippen molar-refractivity contribution in [2.75, 3.05) is 13.2 Å². The third-order valence-corrected chi connectivity index (χ3v) is 9.61. The van der Waals surface area contributed by atoms with Crippen molar-refractivity contribution in [3.05, 3.63) is 47.6 Å². The Morgan fingerprint density at radius 2 is 1.79 bits per heavy atom. The van der Waals surface area contributed by atoms with Crippen molar-refractivity contribution in [1.29, 1.82) is 0 Å². The third-order valence-electron chi connectivity index (χ3n) is 9.61. The Morgan fingerprint density at radius 3 is 2.55 bits per heavy atom. The minimum Gasteiger partial charge on any atom is -0.462 e. The summed E-state index contributed by atoms with van der Waals surface area (Å²) in [5.74, 6) is -1.05. The van der Waals surface area contributed by atoms with Gasteiger partial charge in [-0.2, -0.15) is 0 Å². The molecule has 9 nitrogen and oxygen atoms in total. The van der Waals surface area contributed by atoms with Crippen molar-refractivity contribution in [3.63, 3.8) is 0 Å². The number of hydrogen-bond acceptors (Lipinski definition) is 9. The average Bonchev–Trinajstić information content (AvgIpc) is 3.57. The van der Waals surface area contributed by atoms with Crippen LogP contribution in [-0.4, -0.2) is 78.8 Å². The summed E-state index contributed by atoms with van der Waals surface area (Å²) < 4.78 is 36.3. The smallest absolute Gasteiger partial charge is 0.331 e. The zero-order chi connectivity index (χ0) is 26.9. The monoisotopic (exact) mass is 528 g/mol. The molecule has 0 amide bonds. The Balaban J connectivity index is 1.40. The number of aliphatic hydroxyl groups excluding tert-OH is 1. The molecule has 0 aromatic carbocycles. The van der Waals surface area contributed by atoms with Crippen LogP contribution in [0.4, 0.5) is 0 Å². The summed E-state index contributed by atoms with van der Waals surface area (Å²) in [5.41, 5.74) is -0.499. The number of ether oxygens (including phenoxy) is 6. The molecule has 10 atom stereocenters. The second-order valence-corrected chi connectivity index (χ2v) is 11.8. The lowest BCUT2D eigenvalue weighted by Gasteiger charge is -2.58. The van der Waals surface area contributed by atoms with Crippen LogP contribution in [0.15, 0.2) is 47.6 Å². The van der Waals surface area contributed by atoms with Crippen LogP contribution in [0.3, 0.4) is 0 Å². The molecule has 3 saturated heterocycles. The maximum atomic E-state index is 13.0. The van der Waals surface area contributed by atoms with Gasteiger partial charge in [-0.05, 0) is 33.6 Å². The quantitative estimate of drug-likeness (QED) is 0.288. The van der Waals surface area contributed by atoms with Crippen molar-refractivity contribution in [3.8, 4) is 0 Å². The summed E-state index contributed by atoms with van der Waals surface area (Å²) in [5, 5.41) is 11.4. The molecule has 2 spiro atoms. The summed E-state index contributed by atoms with van der Waals surface area (Å²) in [7, 11) is 0. The fourth-order valence-corrected chi connectivity index (χ4v) is 7.36. The number of hydrogen-bond donors (Lipinski definition) is 1. The lowest BCUT2D eigenvalue weighted by molar-refractivity contribution is -0.232. The van der Waals surface area contributed by atoms with E-state index in [1.807, 2.05) is 33.8 Å². The fraction of sp³-hybridized carbons (Fsp3) is 0.655. The van der Waals surface area contributed by atoms with Crippen LogP contribution in [-0.2, 0) is 38.0 Å². The van der Waals surface area contributed by atoms with Gasteiger partial charge in [0.15, 0.2) is 6.29 Å². The zero-order valence-electron chi connectivity index (χ0n) is 22.3. The molecule has 6 aliphatic rings. The standard InChI is InChI=1S/C29H36O9/c1-16-9-10-28-14-33-22(31)12-17(2)13-23-35-18(3)19(36-23)7-5-6-8-21(30)38-25-24(32)26(37-20(28)11-16)29(15-34-29)27(25,28)4/h5-8,11-12,18-20,23-26,32H,9-10,13-15H2,1-4H3/b7-5+,8-6-,17-12+. The van der Waals surface area contributed by atoms with E-state index in [-0.39, 0.29) is 18.8 Å². The lowest BCUT2D eigenvalue weighted by atomic mass is 9.51. The maximum absolute atomic E-state index is 13.0. The average molecular weight is 529 g/mol. The predicted octanol–water partition coefficient (Wildman–Crippen LogP) is 2.68. The first-order valence-corrected chi connectivity index (χ1v) is 13.4. The second-order valence-electron chi connectivity index (χ2n) is 11.8. The van der Waals surface area contributed by atoms with Crippen LogP contribution in [0.5, 0.6) is 0 Å². The van der Waals surface area contributed by atoms with E-state index in [2.05, 4.69) is 6.08 Å². The van der Waals surface area contributed by atoms with Crippen LogP contribution in [0.1, 0.15) is 47.0 Å². The predicted molar refractivity (Wildman–Crippen MR) is 134 cm³/mol. The molecule has 6 rings (SSSR count). The molecular weight excluding hydrogens is 492 g/mol. The van der Waals surface area contributed by atoms with Gasteiger partial charge in [-0.25, -0.2) is 9.59 Å². The molecule has 10 unspecified atom stereocenters. The van der Waals surface area contributed by atoms with E-state index >= 15 is 0 Å². The van der Waals surface area contributed by atoms with Gasteiger partial charge in [0, 0.05) is 24.0 Å². The molecule has 4 fully saturated rings. The van der Waals surface area contributed by atoms with Gasteiger partial charge in [-0.15, -0.1) is 0 Å². The minimum absolute atomic E-state index is 0.0350. The van der Waals surface area contributed by atoms with Gasteiger partial charge in [0.25, 0.3) is 0 Å². The normalized spacial score (nSPS) is 51.4. The minimum atomic E-state index is -1.09. The van der Waals surface area contributed by atoms with E-state index in [1.54, 1.807) is 12.2 Å². The number of fused-ring (bicyclic) bond motifs is 2. The molecule has 4 bridgehead atoms. The second kappa shape index (κ2) is 9.13. The van der Waals surface area contributed by atoms with Crippen molar-refractivity contribution < 1.29 is 43.1 Å². The number of allylic oxidation sites excluding steroid dienone is 3. The number of rotatable bonds is 0.